The van der Waals surface area contributed by atoms with Gasteiger partial charge in [-0.15, -0.1) is 0 Å². The Morgan fingerprint density at radius 1 is 1.12 bits per heavy atom. The smallest absolute Gasteiger partial charge is 0.353 e. The number of nitrogens with one attached hydrogen (secondary N) is 2. The van der Waals surface area contributed by atoms with Crippen molar-refractivity contribution in [3.63, 3.8) is 0 Å². The predicted octanol–water partition coefficient (Wildman–Crippen LogP) is 4.02. The number of anilines is 2. The van der Waals surface area contributed by atoms with Crippen LogP contribution in [0.5, 0.6) is 0 Å². The number of nitrogens with zero attached hydrogens (tertiary/aromatic N) is 3. The van der Waals surface area contributed by atoms with Gasteiger partial charge >= 0.3 is 5.69 Å². The molecule has 1 unspecified atom stereocenters. The van der Waals surface area contributed by atoms with Gasteiger partial charge in [-0.2, -0.15) is 0 Å². The number of aromatic nitrogens is 2. The Morgan fingerprint density at radius 2 is 1.79 bits per heavy atom. The Bertz CT molecular complexity index is 676. The summed E-state index contributed by atoms with van der Waals surface area (Å²) in [6, 6.07) is 9.61. The highest BCUT2D eigenvalue weighted by molar-refractivity contribution is 5.69. The monoisotopic (exact) mass is 329 g/mol. The molecular weight excluding hydrogens is 306 g/mol. The summed E-state index contributed by atoms with van der Waals surface area (Å²) in [4.78, 5) is 19.2. The molecule has 2 rings (SSSR count). The van der Waals surface area contributed by atoms with E-state index < -0.39 is 4.92 Å². The lowest BCUT2D eigenvalue weighted by atomic mass is 10.1. The summed E-state index contributed by atoms with van der Waals surface area (Å²) in [5.74, 6) is 0.978. The minimum atomic E-state index is -0.447. The Morgan fingerprint density at radius 3 is 2.42 bits per heavy atom. The fourth-order valence-electron chi connectivity index (χ4n) is 2.30. The number of benzene rings is 1. The van der Waals surface area contributed by atoms with Gasteiger partial charge in [0.05, 0.1) is 11.0 Å². The fraction of sp³-hybridized carbons (Fsp3) is 0.412. The van der Waals surface area contributed by atoms with E-state index >= 15 is 0 Å². The quantitative estimate of drug-likeness (QED) is 0.561. The number of rotatable bonds is 8. The van der Waals surface area contributed by atoms with Gasteiger partial charge in [-0.1, -0.05) is 44.2 Å². The summed E-state index contributed by atoms with van der Waals surface area (Å²) in [5, 5.41) is 17.7. The van der Waals surface area contributed by atoms with Crippen LogP contribution in [-0.4, -0.2) is 21.4 Å². The van der Waals surface area contributed by atoms with Gasteiger partial charge in [-0.3, -0.25) is 10.1 Å². The molecule has 1 heterocycles. The van der Waals surface area contributed by atoms with Crippen molar-refractivity contribution in [2.24, 2.45) is 5.92 Å². The Balaban J connectivity index is 2.21. The van der Waals surface area contributed by atoms with E-state index in [1.165, 1.54) is 6.33 Å². The van der Waals surface area contributed by atoms with E-state index in [0.717, 1.165) is 12.0 Å². The van der Waals surface area contributed by atoms with Crippen LogP contribution in [0, 0.1) is 16.0 Å². The summed E-state index contributed by atoms with van der Waals surface area (Å²) < 4.78 is 0. The van der Waals surface area contributed by atoms with Crippen molar-refractivity contribution in [2.45, 2.75) is 33.2 Å². The van der Waals surface area contributed by atoms with E-state index in [9.17, 15) is 10.1 Å². The van der Waals surface area contributed by atoms with Crippen molar-refractivity contribution in [3.8, 4) is 0 Å². The van der Waals surface area contributed by atoms with Crippen LogP contribution in [0.2, 0.25) is 0 Å². The highest BCUT2D eigenvalue weighted by atomic mass is 16.6. The zero-order valence-electron chi connectivity index (χ0n) is 14.2. The molecule has 128 valence electrons. The molecule has 7 heteroatoms. The first-order valence-corrected chi connectivity index (χ1v) is 8.03. The fourth-order valence-corrected chi connectivity index (χ4v) is 2.30. The summed E-state index contributed by atoms with van der Waals surface area (Å²) >= 11 is 0. The second-order valence-corrected chi connectivity index (χ2v) is 6.06. The van der Waals surface area contributed by atoms with Crippen LogP contribution < -0.4 is 10.6 Å². The topological polar surface area (TPSA) is 93.0 Å². The second-order valence-electron chi connectivity index (χ2n) is 6.06. The molecule has 0 aliphatic heterocycles. The average Bonchev–Trinajstić information content (AvgIpc) is 2.55. The first kappa shape index (κ1) is 17.7. The van der Waals surface area contributed by atoms with Crippen molar-refractivity contribution < 1.29 is 4.92 Å². The zero-order valence-corrected chi connectivity index (χ0v) is 14.2. The van der Waals surface area contributed by atoms with E-state index in [0.29, 0.717) is 12.5 Å². The molecule has 0 aliphatic rings. The van der Waals surface area contributed by atoms with Crippen molar-refractivity contribution in [2.75, 3.05) is 17.2 Å². The molecule has 2 N–H and O–H groups in total. The molecule has 1 atom stereocenters. The highest BCUT2D eigenvalue weighted by Crippen LogP contribution is 2.31. The van der Waals surface area contributed by atoms with Crippen LogP contribution in [-0.2, 0) is 0 Å². The van der Waals surface area contributed by atoms with E-state index in [2.05, 4.69) is 34.4 Å². The van der Waals surface area contributed by atoms with Gasteiger partial charge in [0, 0.05) is 6.54 Å². The molecule has 1 aromatic carbocycles. The van der Waals surface area contributed by atoms with E-state index in [4.69, 9.17) is 0 Å². The van der Waals surface area contributed by atoms with Crippen molar-refractivity contribution >= 4 is 17.3 Å². The molecule has 0 saturated carbocycles. The lowest BCUT2D eigenvalue weighted by molar-refractivity contribution is -0.383. The molecular formula is C17H23N5O2. The Labute approximate surface area is 141 Å². The third-order valence-electron chi connectivity index (χ3n) is 3.67. The number of nitro groups is 1. The number of hydrogen-bond acceptors (Lipinski definition) is 6. The molecule has 0 aliphatic carbocycles. The molecule has 2 aromatic rings. The first-order chi connectivity index (χ1) is 11.5. The van der Waals surface area contributed by atoms with Crippen LogP contribution in [0.25, 0.3) is 0 Å². The molecule has 0 spiro atoms. The maximum atomic E-state index is 11.5. The second kappa shape index (κ2) is 8.24. The molecule has 7 nitrogen and oxygen atoms in total. The van der Waals surface area contributed by atoms with Gasteiger partial charge in [-0.05, 0) is 24.8 Å². The third kappa shape index (κ3) is 4.65. The molecule has 1 aromatic heterocycles. The van der Waals surface area contributed by atoms with Crippen LogP contribution in [0.1, 0.15) is 38.8 Å². The van der Waals surface area contributed by atoms with E-state index in [-0.39, 0.29) is 23.4 Å². The normalized spacial score (nSPS) is 12.0. The van der Waals surface area contributed by atoms with Gasteiger partial charge in [0.15, 0.2) is 0 Å². The summed E-state index contributed by atoms with van der Waals surface area (Å²) in [6.45, 7) is 6.77. The van der Waals surface area contributed by atoms with Crippen molar-refractivity contribution in [1.29, 1.82) is 0 Å². The van der Waals surface area contributed by atoms with Crippen LogP contribution in [0.3, 0.4) is 0 Å². The summed E-state index contributed by atoms with van der Waals surface area (Å²) in [5.41, 5.74) is 0.906. The Kier molecular flexibility index (Phi) is 6.06. The van der Waals surface area contributed by atoms with Crippen LogP contribution in [0.15, 0.2) is 36.7 Å². The SMILES string of the molecule is CC(C)CCNc1ncnc(NC(C)c2ccccc2)c1[N+](=O)[O-]. The van der Waals surface area contributed by atoms with Gasteiger partial charge in [0.25, 0.3) is 0 Å². The average molecular weight is 329 g/mol. The molecule has 0 fully saturated rings. The van der Waals surface area contributed by atoms with Crippen LogP contribution >= 0.6 is 0 Å². The largest absolute Gasteiger partial charge is 0.364 e. The lowest BCUT2D eigenvalue weighted by Crippen LogP contribution is -2.13. The molecule has 0 saturated heterocycles. The predicted molar refractivity (Wildman–Crippen MR) is 95.1 cm³/mol. The van der Waals surface area contributed by atoms with Gasteiger partial charge in [0.2, 0.25) is 11.6 Å². The van der Waals surface area contributed by atoms with Gasteiger partial charge in [0.1, 0.15) is 6.33 Å². The summed E-state index contributed by atoms with van der Waals surface area (Å²) in [6.07, 6.45) is 2.25. The zero-order chi connectivity index (χ0) is 17.5. The third-order valence-corrected chi connectivity index (χ3v) is 3.67. The molecule has 0 bridgehead atoms. The Hall–Kier alpha value is -2.70. The van der Waals surface area contributed by atoms with Gasteiger partial charge in [-0.25, -0.2) is 9.97 Å². The molecule has 0 radical (unpaired) electrons. The standard InChI is InChI=1S/C17H23N5O2/c1-12(2)9-10-18-16-15(22(23)24)17(20-11-19-16)21-13(3)14-7-5-4-6-8-14/h4-8,11-13H,9-10H2,1-3H3,(H2,18,19,20,21). The van der Waals surface area contributed by atoms with Gasteiger partial charge < -0.3 is 10.6 Å². The maximum Gasteiger partial charge on any atom is 0.353 e. The maximum absolute atomic E-state index is 11.5. The van der Waals surface area contributed by atoms with Crippen molar-refractivity contribution in [3.05, 3.63) is 52.3 Å². The minimum absolute atomic E-state index is 0.108. The molecule has 24 heavy (non-hydrogen) atoms. The molecule has 0 amide bonds. The van der Waals surface area contributed by atoms with E-state index in [1.54, 1.807) is 0 Å². The number of hydrogen-bond donors (Lipinski definition) is 2. The summed E-state index contributed by atoms with van der Waals surface area (Å²) in [7, 11) is 0. The van der Waals surface area contributed by atoms with E-state index in [1.807, 2.05) is 37.3 Å². The van der Waals surface area contributed by atoms with Crippen molar-refractivity contribution in [1.82, 2.24) is 9.97 Å². The lowest BCUT2D eigenvalue weighted by Gasteiger charge is -2.16. The highest BCUT2D eigenvalue weighted by Gasteiger charge is 2.24. The van der Waals surface area contributed by atoms with Crippen LogP contribution in [0.4, 0.5) is 17.3 Å². The first-order valence-electron chi connectivity index (χ1n) is 8.03. The minimum Gasteiger partial charge on any atom is -0.364 e.